The van der Waals surface area contributed by atoms with Crippen molar-refractivity contribution in [2.75, 3.05) is 31.4 Å². The highest BCUT2D eigenvalue weighted by Gasteiger charge is 2.11. The van der Waals surface area contributed by atoms with Gasteiger partial charge in [-0.2, -0.15) is 0 Å². The Balaban J connectivity index is 1.95. The summed E-state index contributed by atoms with van der Waals surface area (Å²) in [7, 11) is 3.12. The van der Waals surface area contributed by atoms with Crippen molar-refractivity contribution in [2.45, 2.75) is 19.8 Å². The third kappa shape index (κ3) is 5.03. The molecule has 0 saturated heterocycles. The molecule has 0 fully saturated rings. The third-order valence-electron chi connectivity index (χ3n) is 3.81. The predicted molar refractivity (Wildman–Crippen MR) is 102 cm³/mol. The fourth-order valence-corrected chi connectivity index (χ4v) is 2.70. The van der Waals surface area contributed by atoms with Gasteiger partial charge in [0, 0.05) is 30.8 Å². The minimum atomic E-state index is -0.0479. The number of rotatable bonds is 8. The van der Waals surface area contributed by atoms with E-state index in [0.717, 1.165) is 23.4 Å². The van der Waals surface area contributed by atoms with Gasteiger partial charge in [-0.1, -0.05) is 36.7 Å². The second-order valence-electron chi connectivity index (χ2n) is 5.42. The summed E-state index contributed by atoms with van der Waals surface area (Å²) in [6.07, 6.45) is 1.20. The number of hydrogen-bond donors (Lipinski definition) is 2. The molecule has 0 radical (unpaired) electrons. The van der Waals surface area contributed by atoms with Gasteiger partial charge in [0.1, 0.15) is 11.5 Å². The first-order valence-corrected chi connectivity index (χ1v) is 8.50. The SMILES string of the molecule is CCc1ccccc1NC(=O)CCNc1cc(OC)c(Cl)cc1OC. The van der Waals surface area contributed by atoms with Crippen molar-refractivity contribution in [3.05, 3.63) is 47.0 Å². The number of aryl methyl sites for hydroxylation is 1. The normalized spacial score (nSPS) is 10.2. The quantitative estimate of drug-likeness (QED) is 0.732. The summed E-state index contributed by atoms with van der Waals surface area (Å²) in [5, 5.41) is 6.61. The number of benzene rings is 2. The van der Waals surface area contributed by atoms with E-state index in [4.69, 9.17) is 21.1 Å². The summed E-state index contributed by atoms with van der Waals surface area (Å²) in [5.41, 5.74) is 2.71. The number of anilines is 2. The Kier molecular flexibility index (Phi) is 6.95. The lowest BCUT2D eigenvalue weighted by atomic mass is 10.1. The molecule has 0 atom stereocenters. The molecule has 0 unspecified atom stereocenters. The molecule has 2 aromatic rings. The molecule has 0 aliphatic rings. The van der Waals surface area contributed by atoms with Crippen LogP contribution in [0.2, 0.25) is 5.02 Å². The minimum Gasteiger partial charge on any atom is -0.495 e. The van der Waals surface area contributed by atoms with Crippen LogP contribution in [0.4, 0.5) is 11.4 Å². The average molecular weight is 363 g/mol. The number of para-hydroxylation sites is 1. The number of halogens is 1. The molecule has 2 rings (SSSR count). The first kappa shape index (κ1) is 18.9. The van der Waals surface area contributed by atoms with Gasteiger partial charge >= 0.3 is 0 Å². The smallest absolute Gasteiger partial charge is 0.226 e. The molecule has 0 spiro atoms. The van der Waals surface area contributed by atoms with E-state index in [-0.39, 0.29) is 5.91 Å². The zero-order chi connectivity index (χ0) is 18.2. The molecule has 134 valence electrons. The van der Waals surface area contributed by atoms with E-state index < -0.39 is 0 Å². The van der Waals surface area contributed by atoms with Crippen molar-refractivity contribution < 1.29 is 14.3 Å². The van der Waals surface area contributed by atoms with Crippen LogP contribution < -0.4 is 20.1 Å². The second kappa shape index (κ2) is 9.18. The standard InChI is InChI=1S/C19H23ClN2O3/c1-4-13-7-5-6-8-15(13)22-19(23)9-10-21-16-12-17(24-2)14(20)11-18(16)25-3/h5-8,11-12,21H,4,9-10H2,1-3H3,(H,22,23). The van der Waals surface area contributed by atoms with Crippen LogP contribution in [-0.2, 0) is 11.2 Å². The van der Waals surface area contributed by atoms with Crippen LogP contribution in [0.5, 0.6) is 11.5 Å². The fraction of sp³-hybridized carbons (Fsp3) is 0.316. The zero-order valence-electron chi connectivity index (χ0n) is 14.7. The Morgan fingerprint density at radius 3 is 2.48 bits per heavy atom. The van der Waals surface area contributed by atoms with Gasteiger partial charge < -0.3 is 20.1 Å². The van der Waals surface area contributed by atoms with Gasteiger partial charge in [0.25, 0.3) is 0 Å². The van der Waals surface area contributed by atoms with Crippen LogP contribution in [0, 0.1) is 0 Å². The molecule has 0 saturated carbocycles. The highest BCUT2D eigenvalue weighted by molar-refractivity contribution is 6.32. The van der Waals surface area contributed by atoms with Crippen LogP contribution >= 0.6 is 11.6 Å². The summed E-state index contributed by atoms with van der Waals surface area (Å²) < 4.78 is 10.5. The summed E-state index contributed by atoms with van der Waals surface area (Å²) in [4.78, 5) is 12.2. The Morgan fingerprint density at radius 2 is 1.80 bits per heavy atom. The molecule has 6 heteroatoms. The van der Waals surface area contributed by atoms with E-state index in [9.17, 15) is 4.79 Å². The molecular weight excluding hydrogens is 340 g/mol. The van der Waals surface area contributed by atoms with E-state index in [1.807, 2.05) is 24.3 Å². The van der Waals surface area contributed by atoms with E-state index in [0.29, 0.717) is 29.5 Å². The van der Waals surface area contributed by atoms with E-state index in [2.05, 4.69) is 17.6 Å². The average Bonchev–Trinajstić information content (AvgIpc) is 2.62. The number of carbonyl (C=O) groups excluding carboxylic acids is 1. The van der Waals surface area contributed by atoms with Crippen LogP contribution in [0.25, 0.3) is 0 Å². The van der Waals surface area contributed by atoms with Gasteiger partial charge in [0.15, 0.2) is 0 Å². The fourth-order valence-electron chi connectivity index (χ4n) is 2.47. The van der Waals surface area contributed by atoms with Crippen molar-refractivity contribution in [2.24, 2.45) is 0 Å². The third-order valence-corrected chi connectivity index (χ3v) is 4.11. The van der Waals surface area contributed by atoms with Crippen LogP contribution in [0.15, 0.2) is 36.4 Å². The molecule has 0 aliphatic heterocycles. The molecule has 2 N–H and O–H groups in total. The zero-order valence-corrected chi connectivity index (χ0v) is 15.4. The van der Waals surface area contributed by atoms with Gasteiger partial charge in [-0.25, -0.2) is 0 Å². The first-order valence-electron chi connectivity index (χ1n) is 8.12. The Morgan fingerprint density at radius 1 is 1.08 bits per heavy atom. The van der Waals surface area contributed by atoms with Gasteiger partial charge in [0.2, 0.25) is 5.91 Å². The predicted octanol–water partition coefficient (Wildman–Crippen LogP) is 4.36. The van der Waals surface area contributed by atoms with Crippen molar-refractivity contribution in [3.8, 4) is 11.5 Å². The monoisotopic (exact) mass is 362 g/mol. The largest absolute Gasteiger partial charge is 0.495 e. The summed E-state index contributed by atoms with van der Waals surface area (Å²) in [6.45, 7) is 2.52. The maximum absolute atomic E-state index is 12.2. The van der Waals surface area contributed by atoms with Gasteiger partial charge in [0.05, 0.1) is 24.9 Å². The lowest BCUT2D eigenvalue weighted by molar-refractivity contribution is -0.115. The number of nitrogens with one attached hydrogen (secondary N) is 2. The highest BCUT2D eigenvalue weighted by Crippen LogP contribution is 2.35. The summed E-state index contributed by atoms with van der Waals surface area (Å²) >= 11 is 6.09. The molecular formula is C19H23ClN2O3. The maximum atomic E-state index is 12.2. The van der Waals surface area contributed by atoms with Crippen LogP contribution in [0.3, 0.4) is 0 Å². The molecule has 25 heavy (non-hydrogen) atoms. The molecule has 0 aliphatic carbocycles. The molecule has 1 amide bonds. The number of carbonyl (C=O) groups is 1. The van der Waals surface area contributed by atoms with Crippen molar-refractivity contribution in [1.82, 2.24) is 0 Å². The van der Waals surface area contributed by atoms with Crippen LogP contribution in [-0.4, -0.2) is 26.7 Å². The van der Waals surface area contributed by atoms with Crippen molar-refractivity contribution in [3.63, 3.8) is 0 Å². The highest BCUT2D eigenvalue weighted by atomic mass is 35.5. The number of amides is 1. The van der Waals surface area contributed by atoms with Crippen molar-refractivity contribution in [1.29, 1.82) is 0 Å². The van der Waals surface area contributed by atoms with E-state index >= 15 is 0 Å². The Labute approximate surface area is 153 Å². The lowest BCUT2D eigenvalue weighted by Crippen LogP contribution is -2.17. The second-order valence-corrected chi connectivity index (χ2v) is 5.83. The Bertz CT molecular complexity index is 735. The molecule has 0 heterocycles. The van der Waals surface area contributed by atoms with Gasteiger partial charge in [-0.05, 0) is 18.1 Å². The topological polar surface area (TPSA) is 59.6 Å². The van der Waals surface area contributed by atoms with Crippen LogP contribution in [0.1, 0.15) is 18.9 Å². The molecule has 0 bridgehead atoms. The van der Waals surface area contributed by atoms with Gasteiger partial charge in [-0.3, -0.25) is 4.79 Å². The Hall–Kier alpha value is -2.40. The first-order chi connectivity index (χ1) is 12.1. The molecule has 0 aromatic heterocycles. The van der Waals surface area contributed by atoms with Gasteiger partial charge in [-0.15, -0.1) is 0 Å². The van der Waals surface area contributed by atoms with E-state index in [1.54, 1.807) is 26.4 Å². The lowest BCUT2D eigenvalue weighted by Gasteiger charge is -2.14. The number of ether oxygens (including phenoxy) is 2. The summed E-state index contributed by atoms with van der Waals surface area (Å²) in [6, 6.07) is 11.2. The minimum absolute atomic E-state index is 0.0479. The number of methoxy groups -OCH3 is 2. The number of hydrogen-bond acceptors (Lipinski definition) is 4. The molecule has 5 nitrogen and oxygen atoms in total. The maximum Gasteiger partial charge on any atom is 0.226 e. The molecule has 2 aromatic carbocycles. The van der Waals surface area contributed by atoms with Crippen molar-refractivity contribution >= 4 is 28.9 Å². The van der Waals surface area contributed by atoms with E-state index in [1.165, 1.54) is 0 Å². The summed E-state index contributed by atoms with van der Waals surface area (Å²) in [5.74, 6) is 1.10.